The van der Waals surface area contributed by atoms with E-state index in [2.05, 4.69) is 15.6 Å². The number of nitrogens with zero attached hydrogens (tertiary/aromatic N) is 1. The second-order valence-electron chi connectivity index (χ2n) is 6.06. The monoisotopic (exact) mass is 395 g/mol. The number of nitrogens with one attached hydrogen (secondary N) is 2. The van der Waals surface area contributed by atoms with Gasteiger partial charge in [-0.3, -0.25) is 10.1 Å². The molecular weight excluding hydrogens is 379 g/mol. The molecule has 7 nitrogen and oxygen atoms in total. The zero-order valence-electron chi connectivity index (χ0n) is 14.7. The van der Waals surface area contributed by atoms with Gasteiger partial charge in [0, 0.05) is 18.2 Å². The third-order valence-electron chi connectivity index (χ3n) is 3.77. The quantitative estimate of drug-likeness (QED) is 0.809. The van der Waals surface area contributed by atoms with Crippen molar-refractivity contribution in [2.75, 3.05) is 7.11 Å². The maximum absolute atomic E-state index is 12.8. The van der Waals surface area contributed by atoms with E-state index in [1.807, 2.05) is 0 Å². The van der Waals surface area contributed by atoms with Crippen LogP contribution in [0.15, 0.2) is 36.4 Å². The minimum Gasteiger partial charge on any atom is -0.496 e. The second-order valence-corrected chi connectivity index (χ2v) is 6.06. The number of methoxy groups -OCH3 is 1. The maximum atomic E-state index is 12.8. The van der Waals surface area contributed by atoms with Gasteiger partial charge in [0.2, 0.25) is 5.88 Å². The number of rotatable bonds is 5. The first-order valence-corrected chi connectivity index (χ1v) is 8.27. The Morgan fingerprint density at radius 2 is 1.89 bits per heavy atom. The average Bonchev–Trinajstić information content (AvgIpc) is 3.44. The molecule has 3 amide bonds. The van der Waals surface area contributed by atoms with E-state index < -0.39 is 23.7 Å². The van der Waals surface area contributed by atoms with Crippen molar-refractivity contribution in [1.29, 1.82) is 0 Å². The zero-order valence-corrected chi connectivity index (χ0v) is 14.7. The fourth-order valence-corrected chi connectivity index (χ4v) is 2.24. The lowest BCUT2D eigenvalue weighted by Gasteiger charge is -2.11. The first-order chi connectivity index (χ1) is 13.2. The van der Waals surface area contributed by atoms with Gasteiger partial charge in [0.1, 0.15) is 17.2 Å². The molecule has 1 heterocycles. The van der Waals surface area contributed by atoms with Crippen LogP contribution in [0.3, 0.4) is 0 Å². The lowest BCUT2D eigenvalue weighted by molar-refractivity contribution is -0.137. The number of ether oxygens (including phenoxy) is 2. The van der Waals surface area contributed by atoms with E-state index in [1.54, 1.807) is 0 Å². The lowest BCUT2D eigenvalue weighted by atomic mass is 10.2. The van der Waals surface area contributed by atoms with Crippen LogP contribution in [-0.2, 0) is 6.18 Å². The van der Waals surface area contributed by atoms with Gasteiger partial charge < -0.3 is 14.8 Å². The molecule has 1 aliphatic carbocycles. The Labute approximate surface area is 157 Å². The summed E-state index contributed by atoms with van der Waals surface area (Å²) in [6.45, 7) is 0. The van der Waals surface area contributed by atoms with Crippen molar-refractivity contribution in [3.63, 3.8) is 0 Å². The molecule has 28 heavy (non-hydrogen) atoms. The largest absolute Gasteiger partial charge is 0.496 e. The van der Waals surface area contributed by atoms with Crippen LogP contribution in [0.25, 0.3) is 0 Å². The number of pyridine rings is 1. The van der Waals surface area contributed by atoms with E-state index >= 15 is 0 Å². The molecule has 3 rings (SSSR count). The smallest absolute Gasteiger partial charge is 0.416 e. The van der Waals surface area contributed by atoms with E-state index in [-0.39, 0.29) is 29.1 Å². The molecule has 0 atom stereocenters. The molecule has 0 spiro atoms. The minimum absolute atomic E-state index is 0.0610. The molecule has 1 saturated carbocycles. The summed E-state index contributed by atoms with van der Waals surface area (Å²) in [4.78, 5) is 27.9. The summed E-state index contributed by atoms with van der Waals surface area (Å²) in [6, 6.07) is 6.21. The van der Waals surface area contributed by atoms with Gasteiger partial charge in [-0.1, -0.05) is 6.07 Å². The highest BCUT2D eigenvalue weighted by molar-refractivity contribution is 6.03. The van der Waals surface area contributed by atoms with Gasteiger partial charge in [-0.15, -0.1) is 0 Å². The van der Waals surface area contributed by atoms with Crippen molar-refractivity contribution >= 4 is 11.9 Å². The summed E-state index contributed by atoms with van der Waals surface area (Å²) in [7, 11) is 1.34. The first-order valence-electron chi connectivity index (χ1n) is 8.27. The summed E-state index contributed by atoms with van der Waals surface area (Å²) in [5.74, 6) is -0.893. The van der Waals surface area contributed by atoms with Gasteiger partial charge in [-0.25, -0.2) is 9.78 Å². The molecule has 0 aliphatic heterocycles. The van der Waals surface area contributed by atoms with E-state index in [0.29, 0.717) is 0 Å². The van der Waals surface area contributed by atoms with Crippen LogP contribution in [-0.4, -0.2) is 30.1 Å². The van der Waals surface area contributed by atoms with E-state index in [1.165, 1.54) is 31.4 Å². The number of urea groups is 1. The van der Waals surface area contributed by atoms with Gasteiger partial charge >= 0.3 is 12.2 Å². The molecule has 0 radical (unpaired) electrons. The molecule has 1 aliphatic rings. The Morgan fingerprint density at radius 3 is 2.54 bits per heavy atom. The highest BCUT2D eigenvalue weighted by Crippen LogP contribution is 2.33. The summed E-state index contributed by atoms with van der Waals surface area (Å²) in [6.07, 6.45) is -2.82. The van der Waals surface area contributed by atoms with E-state index in [9.17, 15) is 22.8 Å². The molecular formula is C18H16F3N3O4. The highest BCUT2D eigenvalue weighted by atomic mass is 19.4. The Kier molecular flexibility index (Phi) is 5.39. The predicted molar refractivity (Wildman–Crippen MR) is 91.3 cm³/mol. The van der Waals surface area contributed by atoms with Crippen LogP contribution in [0.2, 0.25) is 0 Å². The lowest BCUT2D eigenvalue weighted by Crippen LogP contribution is -2.40. The Hall–Kier alpha value is -3.30. The Bertz CT molecular complexity index is 898. The standard InChI is InChI=1S/C18H16F3N3O4/c1-27-13-8-14(16(25)24-17(26)22-11-5-6-11)23-15(9-13)28-12-4-2-3-10(7-12)18(19,20)21/h2-4,7-9,11H,5-6H2,1H3,(H2,22,24,25,26). The summed E-state index contributed by atoms with van der Waals surface area (Å²) < 4.78 is 48.9. The molecule has 2 N–H and O–H groups in total. The second kappa shape index (κ2) is 7.75. The number of carbonyl (C=O) groups excluding carboxylic acids is 2. The fraction of sp³-hybridized carbons (Fsp3) is 0.278. The maximum Gasteiger partial charge on any atom is 0.416 e. The molecule has 1 fully saturated rings. The van der Waals surface area contributed by atoms with Crippen LogP contribution in [0.5, 0.6) is 17.4 Å². The average molecular weight is 395 g/mol. The third-order valence-corrected chi connectivity index (χ3v) is 3.77. The summed E-state index contributed by atoms with van der Waals surface area (Å²) in [5.41, 5.74) is -1.07. The fourth-order valence-electron chi connectivity index (χ4n) is 2.24. The number of amides is 3. The van der Waals surface area contributed by atoms with Crippen molar-refractivity contribution in [2.45, 2.75) is 25.1 Å². The Morgan fingerprint density at radius 1 is 1.14 bits per heavy atom. The van der Waals surface area contributed by atoms with Crippen molar-refractivity contribution in [1.82, 2.24) is 15.6 Å². The van der Waals surface area contributed by atoms with Crippen molar-refractivity contribution in [2.24, 2.45) is 0 Å². The number of carbonyl (C=O) groups is 2. The molecule has 0 bridgehead atoms. The zero-order chi connectivity index (χ0) is 20.3. The van der Waals surface area contributed by atoms with Crippen molar-refractivity contribution in [3.05, 3.63) is 47.7 Å². The first kappa shape index (κ1) is 19.5. The van der Waals surface area contributed by atoms with Gasteiger partial charge in [0.05, 0.1) is 12.7 Å². The van der Waals surface area contributed by atoms with Crippen LogP contribution >= 0.6 is 0 Å². The number of benzene rings is 1. The number of hydrogen-bond donors (Lipinski definition) is 2. The highest BCUT2D eigenvalue weighted by Gasteiger charge is 2.30. The number of imide groups is 1. The molecule has 2 aromatic rings. The van der Waals surface area contributed by atoms with Crippen molar-refractivity contribution < 1.29 is 32.2 Å². The van der Waals surface area contributed by atoms with Crippen LogP contribution < -0.4 is 20.1 Å². The number of alkyl halides is 3. The molecule has 0 unspecified atom stereocenters. The van der Waals surface area contributed by atoms with Gasteiger partial charge in [0.25, 0.3) is 5.91 Å². The Balaban J connectivity index is 1.78. The predicted octanol–water partition coefficient (Wildman–Crippen LogP) is 3.50. The molecule has 0 saturated heterocycles. The molecule has 1 aromatic carbocycles. The third kappa shape index (κ3) is 5.12. The topological polar surface area (TPSA) is 89.6 Å². The van der Waals surface area contributed by atoms with Gasteiger partial charge in [-0.05, 0) is 31.0 Å². The normalized spacial score (nSPS) is 13.6. The van der Waals surface area contributed by atoms with Crippen LogP contribution in [0.4, 0.5) is 18.0 Å². The van der Waals surface area contributed by atoms with Gasteiger partial charge in [-0.2, -0.15) is 13.2 Å². The summed E-state index contributed by atoms with van der Waals surface area (Å²) >= 11 is 0. The SMILES string of the molecule is COc1cc(Oc2cccc(C(F)(F)F)c2)nc(C(=O)NC(=O)NC2CC2)c1. The minimum atomic E-state index is -4.53. The van der Waals surface area contributed by atoms with E-state index in [0.717, 1.165) is 25.0 Å². The molecule has 148 valence electrons. The number of hydrogen-bond acceptors (Lipinski definition) is 5. The molecule has 1 aromatic heterocycles. The van der Waals surface area contributed by atoms with E-state index in [4.69, 9.17) is 9.47 Å². The van der Waals surface area contributed by atoms with Crippen molar-refractivity contribution in [3.8, 4) is 17.4 Å². The number of halogens is 3. The van der Waals surface area contributed by atoms with Crippen LogP contribution in [0.1, 0.15) is 28.9 Å². The number of aromatic nitrogens is 1. The van der Waals surface area contributed by atoms with Crippen LogP contribution in [0, 0.1) is 0 Å². The summed E-state index contributed by atoms with van der Waals surface area (Å²) in [5, 5.41) is 4.72. The molecule has 10 heteroatoms. The van der Waals surface area contributed by atoms with Gasteiger partial charge in [0.15, 0.2) is 0 Å².